The predicted molar refractivity (Wildman–Crippen MR) is 139 cm³/mol. The number of nitrogens with zero attached hydrogens (tertiary/aromatic N) is 3. The number of benzene rings is 2. The van der Waals surface area contributed by atoms with Gasteiger partial charge in [-0.3, -0.25) is 4.90 Å². The molecule has 2 saturated heterocycles. The molecule has 0 aliphatic carbocycles. The number of halogens is 1. The molecule has 0 amide bonds. The molecule has 0 bridgehead atoms. The van der Waals surface area contributed by atoms with Crippen molar-refractivity contribution in [3.8, 4) is 0 Å². The SMILES string of the molecule is CCCN1CCCC1CNCc1ccc(Cl)c(Nc2nc3ccc(N4CCCC4)cc3[nH]2)c1. The van der Waals surface area contributed by atoms with Gasteiger partial charge < -0.3 is 20.5 Å². The highest BCUT2D eigenvalue weighted by molar-refractivity contribution is 6.33. The highest BCUT2D eigenvalue weighted by Gasteiger charge is 2.22. The second-order valence-electron chi connectivity index (χ2n) is 9.38. The molecular weight excluding hydrogens is 432 g/mol. The van der Waals surface area contributed by atoms with Crippen LogP contribution in [0.15, 0.2) is 36.4 Å². The highest BCUT2D eigenvalue weighted by Crippen LogP contribution is 2.29. The lowest BCUT2D eigenvalue weighted by molar-refractivity contribution is 0.247. The molecule has 3 heterocycles. The Morgan fingerprint density at radius 3 is 2.82 bits per heavy atom. The lowest BCUT2D eigenvalue weighted by Crippen LogP contribution is -2.38. The van der Waals surface area contributed by atoms with Crippen LogP contribution in [0, 0.1) is 0 Å². The minimum atomic E-state index is 0.663. The topological polar surface area (TPSA) is 59.2 Å². The van der Waals surface area contributed by atoms with Crippen LogP contribution in [0.25, 0.3) is 11.0 Å². The van der Waals surface area contributed by atoms with Crippen molar-refractivity contribution in [2.45, 2.75) is 51.6 Å². The number of anilines is 3. The summed E-state index contributed by atoms with van der Waals surface area (Å²) in [5.41, 5.74) is 5.37. The van der Waals surface area contributed by atoms with Crippen LogP contribution in [0.1, 0.15) is 44.6 Å². The predicted octanol–water partition coefficient (Wildman–Crippen LogP) is 5.52. The maximum Gasteiger partial charge on any atom is 0.205 e. The number of H-pyrrole nitrogens is 1. The van der Waals surface area contributed by atoms with Crippen molar-refractivity contribution in [2.24, 2.45) is 0 Å². The molecule has 176 valence electrons. The Morgan fingerprint density at radius 2 is 1.97 bits per heavy atom. The first-order chi connectivity index (χ1) is 16.2. The molecule has 2 fully saturated rings. The molecule has 0 spiro atoms. The van der Waals surface area contributed by atoms with Crippen molar-refractivity contribution < 1.29 is 0 Å². The van der Waals surface area contributed by atoms with Gasteiger partial charge in [0.1, 0.15) is 0 Å². The zero-order valence-corrected chi connectivity index (χ0v) is 20.3. The van der Waals surface area contributed by atoms with Crippen molar-refractivity contribution in [1.82, 2.24) is 20.2 Å². The number of fused-ring (bicyclic) bond motifs is 1. The van der Waals surface area contributed by atoms with E-state index in [0.717, 1.165) is 48.8 Å². The van der Waals surface area contributed by atoms with E-state index in [9.17, 15) is 0 Å². The third kappa shape index (κ3) is 5.29. The third-order valence-electron chi connectivity index (χ3n) is 6.94. The van der Waals surface area contributed by atoms with Crippen LogP contribution in [0.2, 0.25) is 5.02 Å². The maximum absolute atomic E-state index is 6.51. The lowest BCUT2D eigenvalue weighted by Gasteiger charge is -2.24. The van der Waals surface area contributed by atoms with Gasteiger partial charge in [-0.1, -0.05) is 24.6 Å². The van der Waals surface area contributed by atoms with Crippen LogP contribution < -0.4 is 15.5 Å². The Hall–Kier alpha value is -2.28. The van der Waals surface area contributed by atoms with E-state index in [1.807, 2.05) is 6.07 Å². The number of imidazole rings is 1. The fourth-order valence-electron chi connectivity index (χ4n) is 5.23. The van der Waals surface area contributed by atoms with Gasteiger partial charge in [0.15, 0.2) is 0 Å². The summed E-state index contributed by atoms with van der Waals surface area (Å²) in [6.45, 7) is 8.86. The Balaban J connectivity index is 1.23. The molecule has 7 heteroatoms. The van der Waals surface area contributed by atoms with E-state index >= 15 is 0 Å². The van der Waals surface area contributed by atoms with Gasteiger partial charge in [-0.05, 0) is 81.1 Å². The summed E-state index contributed by atoms with van der Waals surface area (Å²) in [5.74, 6) is 0.719. The molecule has 33 heavy (non-hydrogen) atoms. The van der Waals surface area contributed by atoms with E-state index in [1.165, 1.54) is 56.4 Å². The summed E-state index contributed by atoms with van der Waals surface area (Å²) in [6, 6.07) is 13.3. The molecule has 3 N–H and O–H groups in total. The van der Waals surface area contributed by atoms with Gasteiger partial charge in [-0.2, -0.15) is 0 Å². The number of aromatic nitrogens is 2. The van der Waals surface area contributed by atoms with Gasteiger partial charge in [0, 0.05) is 37.9 Å². The standard InChI is InChI=1S/C26H35ClN6/c1-2-11-32-14-5-6-21(32)18-28-17-19-7-9-22(27)24(15-19)30-26-29-23-10-8-20(16-25(23)31-26)33-12-3-4-13-33/h7-10,15-16,21,28H,2-6,11-14,17-18H2,1H3,(H2,29,30,31). The fourth-order valence-corrected chi connectivity index (χ4v) is 5.39. The molecule has 0 saturated carbocycles. The second-order valence-corrected chi connectivity index (χ2v) is 9.79. The number of likely N-dealkylation sites (tertiary alicyclic amines) is 1. The number of aromatic amines is 1. The Labute approximate surface area is 201 Å². The molecule has 5 rings (SSSR count). The molecule has 0 radical (unpaired) electrons. The number of hydrogen-bond donors (Lipinski definition) is 3. The molecule has 2 aliphatic heterocycles. The van der Waals surface area contributed by atoms with E-state index in [4.69, 9.17) is 16.6 Å². The number of hydrogen-bond acceptors (Lipinski definition) is 5. The molecule has 6 nitrogen and oxygen atoms in total. The van der Waals surface area contributed by atoms with Crippen LogP contribution in [-0.2, 0) is 6.54 Å². The van der Waals surface area contributed by atoms with Crippen LogP contribution in [-0.4, -0.2) is 53.6 Å². The van der Waals surface area contributed by atoms with E-state index in [0.29, 0.717) is 11.1 Å². The van der Waals surface area contributed by atoms with Crippen molar-refractivity contribution in [3.63, 3.8) is 0 Å². The van der Waals surface area contributed by atoms with Gasteiger partial charge in [-0.25, -0.2) is 4.98 Å². The van der Waals surface area contributed by atoms with Crippen molar-refractivity contribution in [1.29, 1.82) is 0 Å². The van der Waals surface area contributed by atoms with E-state index in [-0.39, 0.29) is 0 Å². The summed E-state index contributed by atoms with van der Waals surface area (Å²) in [4.78, 5) is 13.2. The summed E-state index contributed by atoms with van der Waals surface area (Å²) in [5, 5.41) is 7.75. The first kappa shape index (κ1) is 22.5. The van der Waals surface area contributed by atoms with Gasteiger partial charge in [-0.15, -0.1) is 0 Å². The highest BCUT2D eigenvalue weighted by atomic mass is 35.5. The van der Waals surface area contributed by atoms with Crippen LogP contribution in [0.4, 0.5) is 17.3 Å². The number of rotatable bonds is 9. The quantitative estimate of drug-likeness (QED) is 0.387. The lowest BCUT2D eigenvalue weighted by atomic mass is 10.1. The summed E-state index contributed by atoms with van der Waals surface area (Å²) in [6.07, 6.45) is 6.39. The van der Waals surface area contributed by atoms with E-state index in [1.54, 1.807) is 0 Å². The van der Waals surface area contributed by atoms with E-state index in [2.05, 4.69) is 62.7 Å². The zero-order valence-electron chi connectivity index (χ0n) is 19.5. The van der Waals surface area contributed by atoms with Gasteiger partial charge in [0.05, 0.1) is 21.7 Å². The van der Waals surface area contributed by atoms with E-state index < -0.39 is 0 Å². The summed E-state index contributed by atoms with van der Waals surface area (Å²) < 4.78 is 0. The Bertz CT molecular complexity index is 1070. The van der Waals surface area contributed by atoms with Crippen molar-refractivity contribution in [3.05, 3.63) is 47.0 Å². The molecule has 2 aliphatic rings. The average molecular weight is 467 g/mol. The zero-order chi connectivity index (χ0) is 22.6. The van der Waals surface area contributed by atoms with Gasteiger partial charge >= 0.3 is 0 Å². The molecule has 2 aromatic carbocycles. The largest absolute Gasteiger partial charge is 0.371 e. The van der Waals surface area contributed by atoms with Crippen molar-refractivity contribution in [2.75, 3.05) is 42.9 Å². The van der Waals surface area contributed by atoms with Crippen molar-refractivity contribution >= 4 is 40.0 Å². The molecular formula is C26H35ClN6. The normalized spacial score (nSPS) is 19.1. The minimum Gasteiger partial charge on any atom is -0.371 e. The minimum absolute atomic E-state index is 0.663. The average Bonchev–Trinajstić information content (AvgIpc) is 3.57. The smallest absolute Gasteiger partial charge is 0.205 e. The van der Waals surface area contributed by atoms with Crippen LogP contribution in [0.5, 0.6) is 0 Å². The molecule has 3 aromatic rings. The summed E-state index contributed by atoms with van der Waals surface area (Å²) >= 11 is 6.51. The molecule has 1 unspecified atom stereocenters. The first-order valence-electron chi connectivity index (χ1n) is 12.4. The van der Waals surface area contributed by atoms with Crippen LogP contribution >= 0.6 is 11.6 Å². The molecule has 1 aromatic heterocycles. The molecule has 1 atom stereocenters. The van der Waals surface area contributed by atoms with Gasteiger partial charge in [0.25, 0.3) is 0 Å². The fraction of sp³-hybridized carbons (Fsp3) is 0.500. The van der Waals surface area contributed by atoms with Crippen LogP contribution in [0.3, 0.4) is 0 Å². The Morgan fingerprint density at radius 1 is 1.09 bits per heavy atom. The monoisotopic (exact) mass is 466 g/mol. The second kappa shape index (κ2) is 10.3. The third-order valence-corrected chi connectivity index (χ3v) is 7.27. The summed E-state index contributed by atoms with van der Waals surface area (Å²) in [7, 11) is 0. The van der Waals surface area contributed by atoms with Gasteiger partial charge in [0.2, 0.25) is 5.95 Å². The first-order valence-corrected chi connectivity index (χ1v) is 12.8. The Kier molecular flexibility index (Phi) is 7.04. The number of nitrogens with one attached hydrogen (secondary N) is 3. The maximum atomic E-state index is 6.51.